The van der Waals surface area contributed by atoms with Crippen LogP contribution in [0, 0.1) is 5.92 Å². The molecule has 0 radical (unpaired) electrons. The van der Waals surface area contributed by atoms with Crippen molar-refractivity contribution in [1.82, 2.24) is 5.32 Å². The van der Waals surface area contributed by atoms with Gasteiger partial charge in [0.1, 0.15) is 5.76 Å². The molecular weight excluding hydrogens is 154 g/mol. The largest absolute Gasteiger partial charge is 0.467 e. The molecule has 1 fully saturated rings. The molecule has 0 saturated carbocycles. The zero-order chi connectivity index (χ0) is 8.55. The standard InChI is InChI=1S/C9H11NO2/c1-6-5-8(11)10-9(6)7-3-2-4-12-7/h2-4,6,9H,5H2,1H3,(H,10,11)/t6-,9?/m0/s1. The number of hydrogen-bond acceptors (Lipinski definition) is 2. The van der Waals surface area contributed by atoms with Crippen LogP contribution in [0.25, 0.3) is 0 Å². The lowest BCUT2D eigenvalue weighted by molar-refractivity contribution is -0.119. The van der Waals surface area contributed by atoms with Gasteiger partial charge in [-0.3, -0.25) is 4.79 Å². The fourth-order valence-electron chi connectivity index (χ4n) is 1.60. The molecule has 1 N–H and O–H groups in total. The van der Waals surface area contributed by atoms with Gasteiger partial charge in [-0.15, -0.1) is 0 Å². The number of nitrogens with one attached hydrogen (secondary N) is 1. The molecule has 1 aromatic heterocycles. The zero-order valence-electron chi connectivity index (χ0n) is 6.91. The predicted molar refractivity (Wildman–Crippen MR) is 43.4 cm³/mol. The molecule has 64 valence electrons. The first kappa shape index (κ1) is 7.40. The van der Waals surface area contributed by atoms with Gasteiger partial charge in [0.05, 0.1) is 12.3 Å². The van der Waals surface area contributed by atoms with Crippen LogP contribution < -0.4 is 5.32 Å². The van der Waals surface area contributed by atoms with Gasteiger partial charge in [-0.05, 0) is 18.1 Å². The molecule has 12 heavy (non-hydrogen) atoms. The Morgan fingerprint density at radius 2 is 2.50 bits per heavy atom. The van der Waals surface area contributed by atoms with E-state index in [-0.39, 0.29) is 11.9 Å². The highest BCUT2D eigenvalue weighted by atomic mass is 16.3. The summed E-state index contributed by atoms with van der Waals surface area (Å²) in [6.07, 6.45) is 2.23. The van der Waals surface area contributed by atoms with Crippen molar-refractivity contribution in [2.75, 3.05) is 0 Å². The SMILES string of the molecule is C[C@H]1CC(=O)NC1c1ccco1. The Bertz CT molecular complexity index is 279. The van der Waals surface area contributed by atoms with E-state index in [9.17, 15) is 4.79 Å². The Hall–Kier alpha value is -1.25. The van der Waals surface area contributed by atoms with Crippen LogP contribution in [0.15, 0.2) is 22.8 Å². The van der Waals surface area contributed by atoms with Crippen LogP contribution in [0.5, 0.6) is 0 Å². The van der Waals surface area contributed by atoms with Crippen molar-refractivity contribution in [2.24, 2.45) is 5.92 Å². The summed E-state index contributed by atoms with van der Waals surface area (Å²) in [6.45, 7) is 2.05. The van der Waals surface area contributed by atoms with E-state index in [1.54, 1.807) is 6.26 Å². The first-order chi connectivity index (χ1) is 5.77. The molecular formula is C9H11NO2. The van der Waals surface area contributed by atoms with Crippen LogP contribution >= 0.6 is 0 Å². The van der Waals surface area contributed by atoms with Crippen molar-refractivity contribution in [1.29, 1.82) is 0 Å². The van der Waals surface area contributed by atoms with Gasteiger partial charge in [0.2, 0.25) is 5.91 Å². The van der Waals surface area contributed by atoms with Crippen molar-refractivity contribution in [3.8, 4) is 0 Å². The Kier molecular flexibility index (Phi) is 1.64. The third-order valence-electron chi connectivity index (χ3n) is 2.24. The third kappa shape index (κ3) is 1.11. The highest BCUT2D eigenvalue weighted by molar-refractivity contribution is 5.79. The lowest BCUT2D eigenvalue weighted by atomic mass is 10.0. The number of hydrogen-bond donors (Lipinski definition) is 1. The summed E-state index contributed by atoms with van der Waals surface area (Å²) < 4.78 is 5.22. The number of carbonyl (C=O) groups is 1. The molecule has 0 aromatic carbocycles. The molecule has 2 heterocycles. The van der Waals surface area contributed by atoms with Crippen molar-refractivity contribution in [3.63, 3.8) is 0 Å². The molecule has 3 heteroatoms. The molecule has 1 unspecified atom stereocenters. The average molecular weight is 165 g/mol. The number of amides is 1. The number of carbonyl (C=O) groups excluding carboxylic acids is 1. The van der Waals surface area contributed by atoms with Crippen molar-refractivity contribution < 1.29 is 9.21 Å². The van der Waals surface area contributed by atoms with E-state index in [1.165, 1.54) is 0 Å². The summed E-state index contributed by atoms with van der Waals surface area (Å²) in [7, 11) is 0. The van der Waals surface area contributed by atoms with Gasteiger partial charge >= 0.3 is 0 Å². The van der Waals surface area contributed by atoms with Crippen LogP contribution in [0.3, 0.4) is 0 Å². The Morgan fingerprint density at radius 3 is 3.00 bits per heavy atom. The first-order valence-electron chi connectivity index (χ1n) is 4.10. The third-order valence-corrected chi connectivity index (χ3v) is 2.24. The van der Waals surface area contributed by atoms with Gasteiger partial charge in [-0.25, -0.2) is 0 Å². The molecule has 0 aliphatic carbocycles. The molecule has 1 aliphatic heterocycles. The molecule has 2 rings (SSSR count). The maximum atomic E-state index is 11.0. The summed E-state index contributed by atoms with van der Waals surface area (Å²) in [5.41, 5.74) is 0. The summed E-state index contributed by atoms with van der Waals surface area (Å²) in [5.74, 6) is 1.31. The minimum absolute atomic E-state index is 0.0764. The molecule has 0 spiro atoms. The Balaban J connectivity index is 2.20. The lowest BCUT2D eigenvalue weighted by Gasteiger charge is -2.10. The predicted octanol–water partition coefficient (Wildman–Crippen LogP) is 1.48. The zero-order valence-corrected chi connectivity index (χ0v) is 6.91. The van der Waals surface area contributed by atoms with Crippen LogP contribution in [0.2, 0.25) is 0 Å². The Labute approximate surface area is 70.8 Å². The van der Waals surface area contributed by atoms with Crippen LogP contribution in [0.4, 0.5) is 0 Å². The minimum Gasteiger partial charge on any atom is -0.467 e. The first-order valence-corrected chi connectivity index (χ1v) is 4.10. The topological polar surface area (TPSA) is 42.2 Å². The second-order valence-corrected chi connectivity index (χ2v) is 3.24. The van der Waals surface area contributed by atoms with E-state index < -0.39 is 0 Å². The van der Waals surface area contributed by atoms with Gasteiger partial charge in [0, 0.05) is 6.42 Å². The highest BCUT2D eigenvalue weighted by Gasteiger charge is 2.31. The number of furan rings is 1. The van der Waals surface area contributed by atoms with E-state index in [2.05, 4.69) is 5.32 Å². The van der Waals surface area contributed by atoms with Crippen LogP contribution in [-0.4, -0.2) is 5.91 Å². The quantitative estimate of drug-likeness (QED) is 0.684. The summed E-state index contributed by atoms with van der Waals surface area (Å²) in [6, 6.07) is 3.81. The maximum absolute atomic E-state index is 11.0. The van der Waals surface area contributed by atoms with E-state index in [0.717, 1.165) is 5.76 Å². The summed E-state index contributed by atoms with van der Waals surface area (Å²) >= 11 is 0. The monoisotopic (exact) mass is 165 g/mol. The summed E-state index contributed by atoms with van der Waals surface area (Å²) in [5, 5.41) is 2.87. The fraction of sp³-hybridized carbons (Fsp3) is 0.444. The van der Waals surface area contributed by atoms with Gasteiger partial charge in [0.15, 0.2) is 0 Å². The second-order valence-electron chi connectivity index (χ2n) is 3.24. The normalized spacial score (nSPS) is 28.9. The fourth-order valence-corrected chi connectivity index (χ4v) is 1.60. The molecule has 1 saturated heterocycles. The van der Waals surface area contributed by atoms with E-state index in [0.29, 0.717) is 12.3 Å². The average Bonchev–Trinajstić information content (AvgIpc) is 2.58. The molecule has 0 bridgehead atoms. The minimum atomic E-state index is 0.0764. The van der Waals surface area contributed by atoms with E-state index in [4.69, 9.17) is 4.42 Å². The molecule has 3 nitrogen and oxygen atoms in total. The van der Waals surface area contributed by atoms with Gasteiger partial charge in [-0.1, -0.05) is 6.92 Å². The smallest absolute Gasteiger partial charge is 0.220 e. The van der Waals surface area contributed by atoms with E-state index >= 15 is 0 Å². The van der Waals surface area contributed by atoms with E-state index in [1.807, 2.05) is 19.1 Å². The van der Waals surface area contributed by atoms with Crippen molar-refractivity contribution >= 4 is 5.91 Å². The van der Waals surface area contributed by atoms with Crippen molar-refractivity contribution in [3.05, 3.63) is 24.2 Å². The van der Waals surface area contributed by atoms with Gasteiger partial charge in [-0.2, -0.15) is 0 Å². The Morgan fingerprint density at radius 1 is 1.67 bits per heavy atom. The van der Waals surface area contributed by atoms with Crippen LogP contribution in [-0.2, 0) is 4.79 Å². The molecule has 2 atom stereocenters. The van der Waals surface area contributed by atoms with Gasteiger partial charge in [0.25, 0.3) is 0 Å². The molecule has 1 aromatic rings. The van der Waals surface area contributed by atoms with Gasteiger partial charge < -0.3 is 9.73 Å². The molecule has 1 aliphatic rings. The summed E-state index contributed by atoms with van der Waals surface area (Å²) in [4.78, 5) is 11.0. The lowest BCUT2D eigenvalue weighted by Crippen LogP contribution is -2.19. The second kappa shape index (κ2) is 2.66. The molecule has 1 amide bonds. The highest BCUT2D eigenvalue weighted by Crippen LogP contribution is 2.29. The number of rotatable bonds is 1. The van der Waals surface area contributed by atoms with Crippen LogP contribution in [0.1, 0.15) is 25.1 Å². The maximum Gasteiger partial charge on any atom is 0.220 e. The van der Waals surface area contributed by atoms with Crippen molar-refractivity contribution in [2.45, 2.75) is 19.4 Å².